The van der Waals surface area contributed by atoms with Gasteiger partial charge < -0.3 is 5.32 Å². The van der Waals surface area contributed by atoms with Crippen molar-refractivity contribution < 1.29 is 8.42 Å². The van der Waals surface area contributed by atoms with E-state index in [9.17, 15) is 8.42 Å². The van der Waals surface area contributed by atoms with Gasteiger partial charge in [-0.15, -0.1) is 0 Å². The van der Waals surface area contributed by atoms with Crippen molar-refractivity contribution >= 4 is 10.0 Å². The topological polar surface area (TPSA) is 49.4 Å². The summed E-state index contributed by atoms with van der Waals surface area (Å²) in [6.07, 6.45) is 6.35. The van der Waals surface area contributed by atoms with Crippen molar-refractivity contribution in [2.24, 2.45) is 5.41 Å². The van der Waals surface area contributed by atoms with Crippen LogP contribution in [0.25, 0.3) is 0 Å². The second-order valence-corrected chi connectivity index (χ2v) is 8.90. The Morgan fingerprint density at radius 2 is 1.95 bits per heavy atom. The van der Waals surface area contributed by atoms with E-state index in [1.54, 1.807) is 4.31 Å². The Kier molecular flexibility index (Phi) is 4.90. The molecule has 0 aromatic carbocycles. The molecule has 1 saturated carbocycles. The highest BCUT2D eigenvalue weighted by molar-refractivity contribution is 7.89. The molecular weight excluding hydrogens is 260 g/mol. The van der Waals surface area contributed by atoms with Gasteiger partial charge in [0.1, 0.15) is 0 Å². The first-order valence-corrected chi connectivity index (χ1v) is 9.21. The summed E-state index contributed by atoms with van der Waals surface area (Å²) in [5, 5.41) is 3.37. The van der Waals surface area contributed by atoms with E-state index >= 15 is 0 Å². The third-order valence-electron chi connectivity index (χ3n) is 4.28. The molecular formula is C14H28N2O2S. The average molecular weight is 288 g/mol. The van der Waals surface area contributed by atoms with Crippen LogP contribution in [0.15, 0.2) is 0 Å². The molecule has 1 aliphatic carbocycles. The second-order valence-electron chi connectivity index (χ2n) is 6.81. The van der Waals surface area contributed by atoms with E-state index in [-0.39, 0.29) is 5.41 Å². The van der Waals surface area contributed by atoms with Gasteiger partial charge in [-0.1, -0.05) is 13.8 Å². The molecule has 1 saturated heterocycles. The zero-order valence-corrected chi connectivity index (χ0v) is 13.1. The van der Waals surface area contributed by atoms with Crippen LogP contribution in [-0.2, 0) is 10.0 Å². The molecule has 112 valence electrons. The Hall–Kier alpha value is -0.130. The van der Waals surface area contributed by atoms with Gasteiger partial charge in [0.05, 0.1) is 5.75 Å². The van der Waals surface area contributed by atoms with Gasteiger partial charge in [-0.05, 0) is 50.5 Å². The maximum atomic E-state index is 12.3. The summed E-state index contributed by atoms with van der Waals surface area (Å²) >= 11 is 0. The molecule has 2 fully saturated rings. The fourth-order valence-corrected chi connectivity index (χ4v) is 4.20. The molecule has 0 atom stereocenters. The molecule has 0 spiro atoms. The molecule has 4 nitrogen and oxygen atoms in total. The van der Waals surface area contributed by atoms with Crippen molar-refractivity contribution in [1.29, 1.82) is 0 Å². The molecule has 0 amide bonds. The maximum Gasteiger partial charge on any atom is 0.214 e. The van der Waals surface area contributed by atoms with Crippen LogP contribution in [0.4, 0.5) is 0 Å². The van der Waals surface area contributed by atoms with Crippen molar-refractivity contribution in [2.75, 3.05) is 25.4 Å². The minimum absolute atomic E-state index is 0.289. The minimum Gasteiger partial charge on any atom is -0.314 e. The van der Waals surface area contributed by atoms with Crippen LogP contribution in [0.1, 0.15) is 52.4 Å². The fourth-order valence-electron chi connectivity index (χ4n) is 2.65. The first-order valence-electron chi connectivity index (χ1n) is 7.60. The molecule has 2 aliphatic rings. The van der Waals surface area contributed by atoms with Gasteiger partial charge >= 0.3 is 0 Å². The monoisotopic (exact) mass is 288 g/mol. The van der Waals surface area contributed by atoms with Gasteiger partial charge in [0.15, 0.2) is 0 Å². The van der Waals surface area contributed by atoms with Gasteiger partial charge in [0.25, 0.3) is 0 Å². The first-order chi connectivity index (χ1) is 8.89. The fraction of sp³-hybridized carbons (Fsp3) is 1.00. The van der Waals surface area contributed by atoms with E-state index < -0.39 is 10.0 Å². The van der Waals surface area contributed by atoms with Crippen LogP contribution in [0.2, 0.25) is 0 Å². The van der Waals surface area contributed by atoms with Crippen LogP contribution in [0.3, 0.4) is 0 Å². The van der Waals surface area contributed by atoms with Crippen LogP contribution >= 0.6 is 0 Å². The molecule has 1 aliphatic heterocycles. The Morgan fingerprint density at radius 3 is 2.63 bits per heavy atom. The largest absolute Gasteiger partial charge is 0.314 e. The van der Waals surface area contributed by atoms with E-state index in [0.717, 1.165) is 32.2 Å². The SMILES string of the molecule is CC1(C)CCCN(S(=O)(=O)CCCNC2CC2)CC1. The molecule has 0 radical (unpaired) electrons. The van der Waals surface area contributed by atoms with E-state index in [1.807, 2.05) is 0 Å². The van der Waals surface area contributed by atoms with Crippen molar-refractivity contribution in [3.8, 4) is 0 Å². The summed E-state index contributed by atoms with van der Waals surface area (Å²) in [4.78, 5) is 0. The van der Waals surface area contributed by atoms with Gasteiger partial charge in [0.2, 0.25) is 10.0 Å². The Balaban J connectivity index is 1.77. The third kappa shape index (κ3) is 5.04. The molecule has 5 heteroatoms. The maximum absolute atomic E-state index is 12.3. The lowest BCUT2D eigenvalue weighted by molar-refractivity contribution is 0.314. The van der Waals surface area contributed by atoms with Gasteiger partial charge in [0, 0.05) is 19.1 Å². The summed E-state index contributed by atoms with van der Waals surface area (Å²) in [6.45, 7) is 6.72. The quantitative estimate of drug-likeness (QED) is 0.760. The summed E-state index contributed by atoms with van der Waals surface area (Å²) in [5.41, 5.74) is 0.289. The number of nitrogens with zero attached hydrogens (tertiary/aromatic N) is 1. The Morgan fingerprint density at radius 1 is 1.21 bits per heavy atom. The van der Waals surface area contributed by atoms with Crippen LogP contribution < -0.4 is 5.32 Å². The Labute approximate surface area is 118 Å². The normalized spacial score (nSPS) is 25.2. The van der Waals surface area contributed by atoms with Crippen LogP contribution in [0.5, 0.6) is 0 Å². The second kappa shape index (κ2) is 6.10. The molecule has 1 heterocycles. The van der Waals surface area contributed by atoms with E-state index in [4.69, 9.17) is 0 Å². The van der Waals surface area contributed by atoms with Crippen LogP contribution in [0, 0.1) is 5.41 Å². The minimum atomic E-state index is -3.04. The number of sulfonamides is 1. The molecule has 0 aromatic rings. The van der Waals surface area contributed by atoms with Crippen molar-refractivity contribution in [2.45, 2.75) is 58.4 Å². The molecule has 1 N–H and O–H groups in total. The Bertz CT molecular complexity index is 388. The summed E-state index contributed by atoms with van der Waals surface area (Å²) in [6, 6.07) is 0.668. The third-order valence-corrected chi connectivity index (χ3v) is 6.24. The van der Waals surface area contributed by atoms with E-state index in [2.05, 4.69) is 19.2 Å². The van der Waals surface area contributed by atoms with E-state index in [0.29, 0.717) is 24.9 Å². The van der Waals surface area contributed by atoms with E-state index in [1.165, 1.54) is 12.8 Å². The number of rotatable bonds is 6. The number of hydrogen-bond donors (Lipinski definition) is 1. The molecule has 0 unspecified atom stereocenters. The molecule has 0 bridgehead atoms. The number of nitrogens with one attached hydrogen (secondary N) is 1. The highest BCUT2D eigenvalue weighted by Crippen LogP contribution is 2.30. The molecule has 2 rings (SSSR count). The highest BCUT2D eigenvalue weighted by atomic mass is 32.2. The average Bonchev–Trinajstić information content (AvgIpc) is 3.12. The first kappa shape index (κ1) is 15.3. The van der Waals surface area contributed by atoms with Gasteiger partial charge in [-0.2, -0.15) is 0 Å². The molecule has 19 heavy (non-hydrogen) atoms. The van der Waals surface area contributed by atoms with Gasteiger partial charge in [-0.3, -0.25) is 0 Å². The zero-order chi connectivity index (χ0) is 13.9. The zero-order valence-electron chi connectivity index (χ0n) is 12.3. The smallest absolute Gasteiger partial charge is 0.214 e. The standard InChI is InChI=1S/C14H28N2O2S/c1-14(2)7-3-10-16(11-8-14)19(17,18)12-4-9-15-13-5-6-13/h13,15H,3-12H2,1-2H3. The lowest BCUT2D eigenvalue weighted by atomic mass is 9.85. The van der Waals surface area contributed by atoms with Crippen molar-refractivity contribution in [3.05, 3.63) is 0 Å². The summed E-state index contributed by atoms with van der Waals surface area (Å²) < 4.78 is 26.3. The highest BCUT2D eigenvalue weighted by Gasteiger charge is 2.29. The summed E-state index contributed by atoms with van der Waals surface area (Å²) in [5.74, 6) is 0.299. The number of hydrogen-bond acceptors (Lipinski definition) is 3. The predicted molar refractivity (Wildman–Crippen MR) is 78.6 cm³/mol. The van der Waals surface area contributed by atoms with Crippen molar-refractivity contribution in [1.82, 2.24) is 9.62 Å². The predicted octanol–water partition coefficient (Wildman–Crippen LogP) is 1.97. The lowest BCUT2D eigenvalue weighted by Gasteiger charge is -2.23. The van der Waals surface area contributed by atoms with Gasteiger partial charge in [-0.25, -0.2) is 12.7 Å². The lowest BCUT2D eigenvalue weighted by Crippen LogP contribution is -2.35. The molecule has 0 aromatic heterocycles. The van der Waals surface area contributed by atoms with Crippen LogP contribution in [-0.4, -0.2) is 44.2 Å². The summed E-state index contributed by atoms with van der Waals surface area (Å²) in [7, 11) is -3.04. The van der Waals surface area contributed by atoms with Crippen molar-refractivity contribution in [3.63, 3.8) is 0 Å².